The number of nitrogens with two attached hydrogens (primary N) is 1. The van der Waals surface area contributed by atoms with Crippen LogP contribution in [0, 0.1) is 11.7 Å². The molecule has 1 rings (SSSR count). The quantitative estimate of drug-likeness (QED) is 0.779. The first-order valence-corrected chi connectivity index (χ1v) is 7.39. The Labute approximate surface area is 116 Å². The molecule has 0 unspecified atom stereocenters. The first-order chi connectivity index (χ1) is 9.15. The zero-order valence-electron chi connectivity index (χ0n) is 12.5. The van der Waals surface area contributed by atoms with Crippen LogP contribution >= 0.6 is 0 Å². The molecule has 0 fully saturated rings. The predicted octanol–water partition coefficient (Wildman–Crippen LogP) is 3.59. The highest BCUT2D eigenvalue weighted by atomic mass is 19.1. The Kier molecular flexibility index (Phi) is 6.85. The van der Waals surface area contributed by atoms with Gasteiger partial charge in [-0.1, -0.05) is 26.7 Å². The van der Waals surface area contributed by atoms with Crippen LogP contribution in [0.3, 0.4) is 0 Å². The number of hydrogen-bond acceptors (Lipinski definition) is 2. The Morgan fingerprint density at radius 2 is 1.89 bits per heavy atom. The van der Waals surface area contributed by atoms with Crippen molar-refractivity contribution in [3.8, 4) is 0 Å². The van der Waals surface area contributed by atoms with Crippen molar-refractivity contribution >= 4 is 5.69 Å². The van der Waals surface area contributed by atoms with Crippen molar-refractivity contribution in [1.29, 1.82) is 0 Å². The number of anilines is 1. The molecule has 0 heterocycles. The first kappa shape index (κ1) is 16.0. The van der Waals surface area contributed by atoms with Gasteiger partial charge in [0.25, 0.3) is 0 Å². The largest absolute Gasteiger partial charge is 0.371 e. The second-order valence-corrected chi connectivity index (χ2v) is 5.03. The molecule has 0 aliphatic carbocycles. The van der Waals surface area contributed by atoms with Crippen LogP contribution in [0.2, 0.25) is 0 Å². The van der Waals surface area contributed by atoms with E-state index < -0.39 is 0 Å². The van der Waals surface area contributed by atoms with E-state index in [9.17, 15) is 4.39 Å². The van der Waals surface area contributed by atoms with Gasteiger partial charge >= 0.3 is 0 Å². The minimum atomic E-state index is -0.175. The normalized spacial score (nSPS) is 11.1. The molecular formula is C16H27FN2. The molecular weight excluding hydrogens is 239 g/mol. The number of halogens is 1. The number of hydrogen-bond donors (Lipinski definition) is 1. The molecule has 1 aromatic rings. The second kappa shape index (κ2) is 8.16. The summed E-state index contributed by atoms with van der Waals surface area (Å²) in [5.74, 6) is 0.515. The molecule has 0 amide bonds. The lowest BCUT2D eigenvalue weighted by atomic mass is 10.0. The Morgan fingerprint density at radius 1 is 1.21 bits per heavy atom. The van der Waals surface area contributed by atoms with E-state index in [0.29, 0.717) is 12.5 Å². The fourth-order valence-corrected chi connectivity index (χ4v) is 2.47. The van der Waals surface area contributed by atoms with E-state index in [0.717, 1.165) is 30.8 Å². The highest BCUT2D eigenvalue weighted by molar-refractivity contribution is 5.54. The van der Waals surface area contributed by atoms with Crippen molar-refractivity contribution in [2.75, 3.05) is 24.5 Å². The van der Waals surface area contributed by atoms with Gasteiger partial charge in [0, 0.05) is 18.8 Å². The van der Waals surface area contributed by atoms with Crippen LogP contribution in [0.4, 0.5) is 10.1 Å². The summed E-state index contributed by atoms with van der Waals surface area (Å²) in [5, 5.41) is 0. The lowest BCUT2D eigenvalue weighted by molar-refractivity contribution is 0.485. The van der Waals surface area contributed by atoms with Crippen molar-refractivity contribution in [3.63, 3.8) is 0 Å². The smallest absolute Gasteiger partial charge is 0.123 e. The molecule has 0 bridgehead atoms. The fourth-order valence-electron chi connectivity index (χ4n) is 2.47. The zero-order chi connectivity index (χ0) is 14.3. The van der Waals surface area contributed by atoms with Crippen LogP contribution < -0.4 is 10.6 Å². The first-order valence-electron chi connectivity index (χ1n) is 7.39. The van der Waals surface area contributed by atoms with Crippen LogP contribution in [-0.4, -0.2) is 19.6 Å². The molecule has 108 valence electrons. The third-order valence-electron chi connectivity index (χ3n) is 3.81. The SMILES string of the molecule is CCC(CC)CN(CC)c1ccc(F)cc1CCN. The van der Waals surface area contributed by atoms with E-state index >= 15 is 0 Å². The highest BCUT2D eigenvalue weighted by Gasteiger charge is 2.14. The molecule has 3 heteroatoms. The lowest BCUT2D eigenvalue weighted by Crippen LogP contribution is -2.30. The van der Waals surface area contributed by atoms with Gasteiger partial charge in [0.15, 0.2) is 0 Å². The third-order valence-corrected chi connectivity index (χ3v) is 3.81. The van der Waals surface area contributed by atoms with Crippen molar-refractivity contribution in [2.45, 2.75) is 40.0 Å². The summed E-state index contributed by atoms with van der Waals surface area (Å²) < 4.78 is 13.4. The number of benzene rings is 1. The number of rotatable bonds is 8. The van der Waals surface area contributed by atoms with Crippen molar-refractivity contribution in [1.82, 2.24) is 0 Å². The summed E-state index contributed by atoms with van der Waals surface area (Å²) >= 11 is 0. The Balaban J connectivity index is 2.96. The van der Waals surface area contributed by atoms with E-state index in [1.165, 1.54) is 12.8 Å². The average molecular weight is 266 g/mol. The number of nitrogens with zero attached hydrogens (tertiary/aromatic N) is 1. The minimum Gasteiger partial charge on any atom is -0.371 e. The summed E-state index contributed by atoms with van der Waals surface area (Å²) in [6.07, 6.45) is 3.09. The van der Waals surface area contributed by atoms with Gasteiger partial charge in [0.05, 0.1) is 0 Å². The van der Waals surface area contributed by atoms with Gasteiger partial charge in [-0.3, -0.25) is 0 Å². The zero-order valence-corrected chi connectivity index (χ0v) is 12.5. The van der Waals surface area contributed by atoms with Gasteiger partial charge in [0.2, 0.25) is 0 Å². The van der Waals surface area contributed by atoms with E-state index in [4.69, 9.17) is 5.73 Å². The molecule has 0 aromatic heterocycles. The van der Waals surface area contributed by atoms with Gasteiger partial charge in [0.1, 0.15) is 5.82 Å². The maximum absolute atomic E-state index is 13.4. The van der Waals surface area contributed by atoms with Crippen molar-refractivity contribution in [2.24, 2.45) is 11.7 Å². The van der Waals surface area contributed by atoms with Gasteiger partial charge in [-0.25, -0.2) is 4.39 Å². The molecule has 0 atom stereocenters. The second-order valence-electron chi connectivity index (χ2n) is 5.03. The molecule has 0 spiro atoms. The van der Waals surface area contributed by atoms with E-state index in [1.54, 1.807) is 12.1 Å². The van der Waals surface area contributed by atoms with Gasteiger partial charge in [-0.15, -0.1) is 0 Å². The van der Waals surface area contributed by atoms with Crippen molar-refractivity contribution < 1.29 is 4.39 Å². The standard InChI is InChI=1S/C16H27FN2/c1-4-13(5-2)12-19(6-3)16-8-7-15(17)11-14(16)9-10-18/h7-8,11,13H,4-6,9-10,12,18H2,1-3H3. The molecule has 0 aliphatic rings. The van der Waals surface area contributed by atoms with Gasteiger partial charge in [-0.05, 0) is 49.6 Å². The molecule has 1 aromatic carbocycles. The van der Waals surface area contributed by atoms with E-state index in [2.05, 4.69) is 25.7 Å². The maximum Gasteiger partial charge on any atom is 0.123 e. The fraction of sp³-hybridized carbons (Fsp3) is 0.625. The van der Waals surface area contributed by atoms with Gasteiger partial charge < -0.3 is 10.6 Å². The summed E-state index contributed by atoms with van der Waals surface area (Å²) in [5.41, 5.74) is 7.80. The topological polar surface area (TPSA) is 29.3 Å². The summed E-state index contributed by atoms with van der Waals surface area (Å²) in [4.78, 5) is 2.35. The Hall–Kier alpha value is -1.09. The monoisotopic (exact) mass is 266 g/mol. The molecule has 0 saturated carbocycles. The Morgan fingerprint density at radius 3 is 2.42 bits per heavy atom. The lowest BCUT2D eigenvalue weighted by Gasteiger charge is -2.29. The molecule has 0 aliphatic heterocycles. The van der Waals surface area contributed by atoms with E-state index in [1.807, 2.05) is 6.07 Å². The maximum atomic E-state index is 13.4. The summed E-state index contributed by atoms with van der Waals surface area (Å²) in [6, 6.07) is 5.06. The predicted molar refractivity (Wildman–Crippen MR) is 81.1 cm³/mol. The van der Waals surface area contributed by atoms with Gasteiger partial charge in [-0.2, -0.15) is 0 Å². The van der Waals surface area contributed by atoms with E-state index in [-0.39, 0.29) is 5.82 Å². The molecule has 2 nitrogen and oxygen atoms in total. The van der Waals surface area contributed by atoms with Crippen LogP contribution in [0.1, 0.15) is 39.2 Å². The van der Waals surface area contributed by atoms with Crippen LogP contribution in [0.15, 0.2) is 18.2 Å². The molecule has 19 heavy (non-hydrogen) atoms. The van der Waals surface area contributed by atoms with Crippen molar-refractivity contribution in [3.05, 3.63) is 29.6 Å². The molecule has 2 N–H and O–H groups in total. The average Bonchev–Trinajstić information content (AvgIpc) is 2.42. The molecule has 0 radical (unpaired) electrons. The Bertz CT molecular complexity index is 375. The molecule has 0 saturated heterocycles. The minimum absolute atomic E-state index is 0.175. The van der Waals surface area contributed by atoms with Crippen LogP contribution in [-0.2, 0) is 6.42 Å². The summed E-state index contributed by atoms with van der Waals surface area (Å²) in [7, 11) is 0. The summed E-state index contributed by atoms with van der Waals surface area (Å²) in [6.45, 7) is 9.14. The van der Waals surface area contributed by atoms with Crippen LogP contribution in [0.25, 0.3) is 0 Å². The highest BCUT2D eigenvalue weighted by Crippen LogP contribution is 2.24. The third kappa shape index (κ3) is 4.50. The van der Waals surface area contributed by atoms with Crippen LogP contribution in [0.5, 0.6) is 0 Å².